The normalized spacial score (nSPS) is 13.8. The van der Waals surface area contributed by atoms with Gasteiger partial charge in [0.2, 0.25) is 6.17 Å². The third-order valence-electron chi connectivity index (χ3n) is 2.39. The van der Waals surface area contributed by atoms with Gasteiger partial charge in [0.15, 0.2) is 0 Å². The summed E-state index contributed by atoms with van der Waals surface area (Å²) in [6.07, 6.45) is -2.12. The molecule has 1 rings (SSSR count). The first-order valence-electron chi connectivity index (χ1n) is 5.41. The van der Waals surface area contributed by atoms with Crippen LogP contribution in [-0.2, 0) is 9.53 Å². The molecule has 0 saturated heterocycles. The molecule has 0 fully saturated rings. The van der Waals surface area contributed by atoms with E-state index in [4.69, 9.17) is 10.5 Å². The molecule has 4 nitrogen and oxygen atoms in total. The van der Waals surface area contributed by atoms with Crippen molar-refractivity contribution >= 4 is 5.97 Å². The summed E-state index contributed by atoms with van der Waals surface area (Å²) in [6, 6.07) is 2.31. The van der Waals surface area contributed by atoms with Crippen LogP contribution in [0.5, 0.6) is 5.75 Å². The Morgan fingerprint density at radius 1 is 1.50 bits per heavy atom. The van der Waals surface area contributed by atoms with Gasteiger partial charge in [-0.15, -0.1) is 0 Å². The van der Waals surface area contributed by atoms with Crippen molar-refractivity contribution in [3.63, 3.8) is 0 Å². The van der Waals surface area contributed by atoms with E-state index in [0.717, 1.165) is 6.07 Å². The Bertz CT molecular complexity index is 426. The first-order chi connectivity index (χ1) is 8.51. The van der Waals surface area contributed by atoms with Gasteiger partial charge in [-0.1, -0.05) is 0 Å². The van der Waals surface area contributed by atoms with Gasteiger partial charge >= 0.3 is 5.97 Å². The zero-order valence-electron chi connectivity index (χ0n) is 10.2. The third kappa shape index (κ3) is 3.16. The van der Waals surface area contributed by atoms with Crippen molar-refractivity contribution in [2.24, 2.45) is 5.73 Å². The molecule has 0 amide bonds. The summed E-state index contributed by atoms with van der Waals surface area (Å²) in [5, 5.41) is 0. The average molecular weight is 259 g/mol. The van der Waals surface area contributed by atoms with E-state index in [9.17, 15) is 13.6 Å². The predicted molar refractivity (Wildman–Crippen MR) is 61.4 cm³/mol. The fraction of sp³-hybridized carbons (Fsp3) is 0.417. The molecule has 0 heterocycles. The number of nitrogens with two attached hydrogens (primary N) is 1. The van der Waals surface area contributed by atoms with E-state index in [-0.39, 0.29) is 12.2 Å². The topological polar surface area (TPSA) is 61.5 Å². The molecule has 18 heavy (non-hydrogen) atoms. The van der Waals surface area contributed by atoms with Gasteiger partial charge in [0.25, 0.3) is 0 Å². The van der Waals surface area contributed by atoms with Crippen LogP contribution in [0, 0.1) is 5.82 Å². The zero-order valence-corrected chi connectivity index (χ0v) is 10.2. The minimum Gasteiger partial charge on any atom is -0.497 e. The number of alkyl halides is 1. The fourth-order valence-corrected chi connectivity index (χ4v) is 1.43. The highest BCUT2D eigenvalue weighted by Gasteiger charge is 2.29. The van der Waals surface area contributed by atoms with Crippen LogP contribution in [-0.4, -0.2) is 25.9 Å². The lowest BCUT2D eigenvalue weighted by Gasteiger charge is -2.17. The van der Waals surface area contributed by atoms with Crippen molar-refractivity contribution < 1.29 is 23.0 Å². The highest BCUT2D eigenvalue weighted by molar-refractivity contribution is 5.75. The van der Waals surface area contributed by atoms with Gasteiger partial charge in [-0.3, -0.25) is 0 Å². The predicted octanol–water partition coefficient (Wildman–Crippen LogP) is 1.74. The summed E-state index contributed by atoms with van der Waals surface area (Å²) in [5.74, 6) is -1.47. The Balaban J connectivity index is 2.95. The SMILES string of the molecule is CCOC(=O)C(F)[C@H](N)c1cc(OC)ccc1F. The molecule has 1 aromatic carbocycles. The molecule has 0 saturated carbocycles. The lowest BCUT2D eigenvalue weighted by Crippen LogP contribution is -2.32. The molecule has 0 spiro atoms. The maximum atomic E-state index is 13.7. The Hall–Kier alpha value is -1.69. The summed E-state index contributed by atoms with van der Waals surface area (Å²) >= 11 is 0. The van der Waals surface area contributed by atoms with Crippen LogP contribution >= 0.6 is 0 Å². The molecule has 0 radical (unpaired) electrons. The third-order valence-corrected chi connectivity index (χ3v) is 2.39. The van der Waals surface area contributed by atoms with Gasteiger partial charge in [-0.2, -0.15) is 0 Å². The molecular formula is C12H15F2NO3. The monoisotopic (exact) mass is 259 g/mol. The summed E-state index contributed by atoms with van der Waals surface area (Å²) in [7, 11) is 1.39. The maximum Gasteiger partial charge on any atom is 0.342 e. The van der Waals surface area contributed by atoms with Gasteiger partial charge in [-0.25, -0.2) is 13.6 Å². The molecule has 0 bridgehead atoms. The smallest absolute Gasteiger partial charge is 0.342 e. The largest absolute Gasteiger partial charge is 0.497 e. The molecule has 0 aliphatic rings. The van der Waals surface area contributed by atoms with Crippen LogP contribution in [0.1, 0.15) is 18.5 Å². The molecule has 2 N–H and O–H groups in total. The van der Waals surface area contributed by atoms with Gasteiger partial charge in [-0.05, 0) is 25.1 Å². The number of hydrogen-bond donors (Lipinski definition) is 1. The number of halogens is 2. The summed E-state index contributed by atoms with van der Waals surface area (Å²) in [4.78, 5) is 11.2. The van der Waals surface area contributed by atoms with Crippen LogP contribution in [0.15, 0.2) is 18.2 Å². The van der Waals surface area contributed by atoms with Crippen molar-refractivity contribution in [1.29, 1.82) is 0 Å². The Kier molecular flexibility index (Phi) is 5.03. The molecule has 1 aromatic rings. The second kappa shape index (κ2) is 6.30. The van der Waals surface area contributed by atoms with Gasteiger partial charge < -0.3 is 15.2 Å². The van der Waals surface area contributed by atoms with Crippen molar-refractivity contribution in [1.82, 2.24) is 0 Å². The molecule has 100 valence electrons. The fourth-order valence-electron chi connectivity index (χ4n) is 1.43. The van der Waals surface area contributed by atoms with E-state index in [1.54, 1.807) is 6.92 Å². The second-order valence-electron chi connectivity index (χ2n) is 3.57. The van der Waals surface area contributed by atoms with E-state index in [1.165, 1.54) is 19.2 Å². The highest BCUT2D eigenvalue weighted by atomic mass is 19.1. The standard InChI is InChI=1S/C12H15F2NO3/c1-3-18-12(16)10(14)11(15)8-6-7(17-2)4-5-9(8)13/h4-6,10-11H,3,15H2,1-2H3/t10?,11-/m1/s1. The quantitative estimate of drug-likeness (QED) is 0.818. The number of esters is 1. The molecular weight excluding hydrogens is 244 g/mol. The Morgan fingerprint density at radius 2 is 2.17 bits per heavy atom. The minimum atomic E-state index is -2.12. The lowest BCUT2D eigenvalue weighted by molar-refractivity contribution is -0.149. The summed E-state index contributed by atoms with van der Waals surface area (Å²) in [6.45, 7) is 1.58. The van der Waals surface area contributed by atoms with E-state index in [2.05, 4.69) is 4.74 Å². The summed E-state index contributed by atoms with van der Waals surface area (Å²) < 4.78 is 36.6. The van der Waals surface area contributed by atoms with Crippen LogP contribution in [0.4, 0.5) is 8.78 Å². The lowest BCUT2D eigenvalue weighted by atomic mass is 10.0. The van der Waals surface area contributed by atoms with E-state index in [1.807, 2.05) is 0 Å². The number of hydrogen-bond acceptors (Lipinski definition) is 4. The van der Waals surface area contributed by atoms with Crippen molar-refractivity contribution in [2.45, 2.75) is 19.1 Å². The van der Waals surface area contributed by atoms with Gasteiger partial charge in [0.1, 0.15) is 11.6 Å². The van der Waals surface area contributed by atoms with Crippen molar-refractivity contribution in [2.75, 3.05) is 13.7 Å². The molecule has 6 heteroatoms. The van der Waals surface area contributed by atoms with Crippen LogP contribution in [0.2, 0.25) is 0 Å². The minimum absolute atomic E-state index is 0.0343. The molecule has 1 unspecified atom stereocenters. The number of carbonyl (C=O) groups is 1. The van der Waals surface area contributed by atoms with Crippen molar-refractivity contribution in [3.05, 3.63) is 29.6 Å². The van der Waals surface area contributed by atoms with Crippen LogP contribution < -0.4 is 10.5 Å². The number of carbonyl (C=O) groups excluding carboxylic acids is 1. The maximum absolute atomic E-state index is 13.7. The Morgan fingerprint density at radius 3 is 2.72 bits per heavy atom. The van der Waals surface area contributed by atoms with Gasteiger partial charge in [0.05, 0.1) is 19.8 Å². The highest BCUT2D eigenvalue weighted by Crippen LogP contribution is 2.25. The molecule has 0 aromatic heterocycles. The molecule has 0 aliphatic carbocycles. The van der Waals surface area contributed by atoms with Crippen LogP contribution in [0.25, 0.3) is 0 Å². The second-order valence-corrected chi connectivity index (χ2v) is 3.57. The number of benzene rings is 1. The summed E-state index contributed by atoms with van der Waals surface area (Å²) in [5.41, 5.74) is 5.39. The van der Waals surface area contributed by atoms with E-state index >= 15 is 0 Å². The number of ether oxygens (including phenoxy) is 2. The average Bonchev–Trinajstić information content (AvgIpc) is 2.38. The van der Waals surface area contributed by atoms with Gasteiger partial charge in [0, 0.05) is 5.56 Å². The molecule has 2 atom stereocenters. The first kappa shape index (κ1) is 14.4. The number of methoxy groups -OCH3 is 1. The molecule has 0 aliphatic heterocycles. The first-order valence-corrected chi connectivity index (χ1v) is 5.41. The zero-order chi connectivity index (χ0) is 13.7. The van der Waals surface area contributed by atoms with Crippen LogP contribution in [0.3, 0.4) is 0 Å². The van der Waals surface area contributed by atoms with Crippen molar-refractivity contribution in [3.8, 4) is 5.75 Å². The number of rotatable bonds is 5. The Labute approximate surface area is 104 Å². The van der Waals surface area contributed by atoms with E-state index < -0.39 is 24.0 Å². The van der Waals surface area contributed by atoms with E-state index in [0.29, 0.717) is 5.75 Å².